The van der Waals surface area contributed by atoms with E-state index in [0.29, 0.717) is 23.9 Å². The van der Waals surface area contributed by atoms with E-state index in [-0.39, 0.29) is 37.0 Å². The Hall–Kier alpha value is -3.11. The number of ether oxygens (including phenoxy) is 1. The normalized spacial score (nSPS) is 25.1. The number of aliphatic imine (C=N–C) groups is 2. The van der Waals surface area contributed by atoms with Gasteiger partial charge in [-0.3, -0.25) is 20.0 Å². The van der Waals surface area contributed by atoms with Crippen LogP contribution in [0.4, 0.5) is 10.6 Å². The van der Waals surface area contributed by atoms with Crippen LogP contribution in [0.15, 0.2) is 46.5 Å². The average Bonchev–Trinajstić information content (AvgIpc) is 3.50. The summed E-state index contributed by atoms with van der Waals surface area (Å²) in [5.41, 5.74) is 0.597. The predicted octanol–water partition coefficient (Wildman–Crippen LogP) is 0.219. The van der Waals surface area contributed by atoms with Gasteiger partial charge in [0.2, 0.25) is 5.91 Å². The van der Waals surface area contributed by atoms with Crippen LogP contribution in [0.5, 0.6) is 0 Å². The van der Waals surface area contributed by atoms with Gasteiger partial charge in [0.25, 0.3) is 0 Å². The molecule has 4 atom stereocenters. The Morgan fingerprint density at radius 1 is 1.37 bits per heavy atom. The molecule has 0 bridgehead atoms. The molecule has 1 aromatic heterocycles. The molecule has 3 aliphatic rings. The number of nitrogens with zero attached hydrogens (tertiary/aromatic N) is 4. The fourth-order valence-electron chi connectivity index (χ4n) is 3.41. The Morgan fingerprint density at radius 3 is 3.00 bits per heavy atom. The van der Waals surface area contributed by atoms with Gasteiger partial charge in [-0.05, 0) is 30.7 Å². The van der Waals surface area contributed by atoms with Crippen molar-refractivity contribution >= 4 is 29.3 Å². The maximum Gasteiger partial charge on any atom is 0.328 e. The Bertz CT molecular complexity index is 900. The molecule has 30 heavy (non-hydrogen) atoms. The Morgan fingerprint density at radius 2 is 2.23 bits per heavy atom. The minimum absolute atomic E-state index is 0.0524. The van der Waals surface area contributed by atoms with Crippen LogP contribution >= 0.6 is 0 Å². The molecule has 3 amide bonds. The molecule has 3 heterocycles. The average molecular weight is 412 g/mol. The van der Waals surface area contributed by atoms with Crippen molar-refractivity contribution in [1.29, 1.82) is 0 Å². The molecule has 0 saturated heterocycles. The zero-order valence-electron chi connectivity index (χ0n) is 16.6. The number of carbonyl (C=O) groups is 2. The van der Waals surface area contributed by atoms with Crippen molar-refractivity contribution in [2.45, 2.75) is 24.6 Å². The van der Waals surface area contributed by atoms with Gasteiger partial charge in [0, 0.05) is 32.3 Å². The van der Waals surface area contributed by atoms with E-state index in [9.17, 15) is 14.7 Å². The molecule has 4 unspecified atom stereocenters. The number of amidine groups is 1. The largest absolute Gasteiger partial charge is 0.389 e. The molecule has 0 radical (unpaired) electrons. The lowest BCUT2D eigenvalue weighted by Gasteiger charge is -2.26. The van der Waals surface area contributed by atoms with Gasteiger partial charge in [0.15, 0.2) is 5.84 Å². The van der Waals surface area contributed by atoms with E-state index < -0.39 is 12.1 Å². The fraction of sp³-hybridized carbons (Fsp3) is 0.450. The Kier molecular flexibility index (Phi) is 5.86. The number of rotatable bonds is 6. The lowest BCUT2D eigenvalue weighted by Crippen LogP contribution is -2.47. The quantitative estimate of drug-likeness (QED) is 0.616. The van der Waals surface area contributed by atoms with Crippen LogP contribution < -0.4 is 10.6 Å². The predicted molar refractivity (Wildman–Crippen MR) is 111 cm³/mol. The maximum atomic E-state index is 13.0. The number of pyridine rings is 1. The highest BCUT2D eigenvalue weighted by molar-refractivity contribution is 6.48. The number of amides is 3. The van der Waals surface area contributed by atoms with Crippen LogP contribution in [-0.2, 0) is 9.53 Å². The lowest BCUT2D eigenvalue weighted by molar-refractivity contribution is -0.121. The van der Waals surface area contributed by atoms with Crippen LogP contribution in [0.3, 0.4) is 0 Å². The van der Waals surface area contributed by atoms with Crippen molar-refractivity contribution in [2.75, 3.05) is 32.1 Å². The standard InChI is InChI=1S/C20H24N6O4/c1-30-11-13(27)9-22-19(28)15-6-5-14-18(24-15)26(10-12-8-16(12)23-14)20(29)25-17-4-2-3-7-21-17/h2-7,12-13,15-16,27H,8-11H2,1H3,(H,22,28)(H,21,25,29). The molecular formula is C20H24N6O4. The van der Waals surface area contributed by atoms with E-state index in [2.05, 4.69) is 25.6 Å². The van der Waals surface area contributed by atoms with Gasteiger partial charge in [0.05, 0.1) is 18.8 Å². The second-order valence-corrected chi connectivity index (χ2v) is 7.44. The summed E-state index contributed by atoms with van der Waals surface area (Å²) in [5, 5.41) is 15.2. The second-order valence-electron chi connectivity index (χ2n) is 7.44. The van der Waals surface area contributed by atoms with Crippen LogP contribution in [0, 0.1) is 5.92 Å². The molecule has 2 aliphatic heterocycles. The van der Waals surface area contributed by atoms with Crippen LogP contribution in [0.2, 0.25) is 0 Å². The number of aromatic nitrogens is 1. The van der Waals surface area contributed by atoms with Crippen LogP contribution in [-0.4, -0.2) is 83.5 Å². The molecule has 0 spiro atoms. The van der Waals surface area contributed by atoms with Gasteiger partial charge in [-0.2, -0.15) is 0 Å². The molecule has 4 rings (SSSR count). The third-order valence-electron chi connectivity index (χ3n) is 5.07. The van der Waals surface area contributed by atoms with Crippen molar-refractivity contribution in [3.63, 3.8) is 0 Å². The first kappa shape index (κ1) is 20.2. The van der Waals surface area contributed by atoms with Crippen molar-refractivity contribution in [3.05, 3.63) is 36.5 Å². The van der Waals surface area contributed by atoms with Gasteiger partial charge in [-0.15, -0.1) is 0 Å². The van der Waals surface area contributed by atoms with E-state index in [1.54, 1.807) is 36.5 Å². The summed E-state index contributed by atoms with van der Waals surface area (Å²) in [6.45, 7) is 0.650. The van der Waals surface area contributed by atoms with E-state index in [1.807, 2.05) is 0 Å². The lowest BCUT2D eigenvalue weighted by atomic mass is 10.1. The van der Waals surface area contributed by atoms with Crippen molar-refractivity contribution in [2.24, 2.45) is 15.9 Å². The molecule has 1 aliphatic carbocycles. The van der Waals surface area contributed by atoms with E-state index in [0.717, 1.165) is 6.42 Å². The molecule has 1 saturated carbocycles. The number of anilines is 1. The summed E-state index contributed by atoms with van der Waals surface area (Å²) in [7, 11) is 1.48. The Balaban J connectivity index is 1.51. The summed E-state index contributed by atoms with van der Waals surface area (Å²) in [4.78, 5) is 40.3. The number of hydrogen-bond acceptors (Lipinski definition) is 7. The van der Waals surface area contributed by atoms with Gasteiger partial charge >= 0.3 is 6.03 Å². The monoisotopic (exact) mass is 412 g/mol. The van der Waals surface area contributed by atoms with Gasteiger partial charge < -0.3 is 15.2 Å². The number of aliphatic hydroxyl groups excluding tert-OH is 1. The topological polar surface area (TPSA) is 129 Å². The van der Waals surface area contributed by atoms with Gasteiger partial charge in [-0.1, -0.05) is 6.07 Å². The maximum absolute atomic E-state index is 13.0. The van der Waals surface area contributed by atoms with Crippen molar-refractivity contribution < 1.29 is 19.4 Å². The molecule has 10 heteroatoms. The minimum Gasteiger partial charge on any atom is -0.389 e. The zero-order valence-corrected chi connectivity index (χ0v) is 16.6. The highest BCUT2D eigenvalue weighted by Crippen LogP contribution is 2.37. The summed E-state index contributed by atoms with van der Waals surface area (Å²) < 4.78 is 4.85. The zero-order chi connectivity index (χ0) is 21.1. The minimum atomic E-state index is -0.812. The number of carbonyl (C=O) groups excluding carboxylic acids is 2. The summed E-state index contributed by atoms with van der Waals surface area (Å²) in [6, 6.07) is 4.26. The summed E-state index contributed by atoms with van der Waals surface area (Å²) in [5.74, 6) is 0.722. The van der Waals surface area contributed by atoms with Crippen molar-refractivity contribution in [3.8, 4) is 0 Å². The van der Waals surface area contributed by atoms with Crippen LogP contribution in [0.1, 0.15) is 6.42 Å². The number of fused-ring (bicyclic) bond motifs is 2. The fourth-order valence-corrected chi connectivity index (χ4v) is 3.41. The third-order valence-corrected chi connectivity index (χ3v) is 5.07. The second kappa shape index (κ2) is 8.72. The highest BCUT2D eigenvalue weighted by Gasteiger charge is 2.44. The SMILES string of the molecule is COCC(O)CNC(=O)C1C=CC2=NC3CC3CN(C(=O)Nc3ccccn3)C2=N1. The van der Waals surface area contributed by atoms with E-state index in [4.69, 9.17) is 4.74 Å². The highest BCUT2D eigenvalue weighted by atomic mass is 16.5. The number of nitrogens with one attached hydrogen (secondary N) is 2. The molecule has 0 aromatic carbocycles. The third kappa shape index (κ3) is 4.55. The van der Waals surface area contributed by atoms with E-state index >= 15 is 0 Å². The number of dihydropyridines is 1. The van der Waals surface area contributed by atoms with Gasteiger partial charge in [0.1, 0.15) is 17.6 Å². The number of aliphatic hydroxyl groups is 1. The first-order valence-corrected chi connectivity index (χ1v) is 9.83. The Labute approximate surface area is 173 Å². The van der Waals surface area contributed by atoms with E-state index in [1.165, 1.54) is 12.0 Å². The molecular weight excluding hydrogens is 388 g/mol. The number of hydrogen-bond donors (Lipinski definition) is 3. The first-order chi connectivity index (χ1) is 14.5. The summed E-state index contributed by atoms with van der Waals surface area (Å²) >= 11 is 0. The van der Waals surface area contributed by atoms with Gasteiger partial charge in [-0.25, -0.2) is 14.8 Å². The smallest absolute Gasteiger partial charge is 0.328 e. The van der Waals surface area contributed by atoms with Crippen molar-refractivity contribution in [1.82, 2.24) is 15.2 Å². The molecule has 1 aromatic rings. The molecule has 1 fully saturated rings. The number of urea groups is 1. The number of methoxy groups -OCH3 is 1. The summed E-state index contributed by atoms with van der Waals surface area (Å²) in [6.07, 6.45) is 5.11. The molecule has 3 N–H and O–H groups in total. The van der Waals surface area contributed by atoms with Crippen LogP contribution in [0.25, 0.3) is 0 Å². The molecule has 158 valence electrons. The first-order valence-electron chi connectivity index (χ1n) is 9.83. The molecule has 10 nitrogen and oxygen atoms in total.